The van der Waals surface area contributed by atoms with Gasteiger partial charge < -0.3 is 16.9 Å². The average Bonchev–Trinajstić information content (AvgIpc) is 2.67. The van der Waals surface area contributed by atoms with E-state index in [1.54, 1.807) is 0 Å². The third-order valence-corrected chi connectivity index (χ3v) is 4.72. The van der Waals surface area contributed by atoms with Crippen LogP contribution in [0.3, 0.4) is 0 Å². The lowest BCUT2D eigenvalue weighted by Crippen LogP contribution is -2.06. The third-order valence-electron chi connectivity index (χ3n) is 4.72. The summed E-state index contributed by atoms with van der Waals surface area (Å²) in [6.45, 7) is 2.14. The summed E-state index contributed by atoms with van der Waals surface area (Å²) in [6, 6.07) is 7.89. The standard InChI is InChI=1S/C24H25N3/c1-17-5-2-3-6-22(17)24(27)8-4-7-23(18-9-13-20(25)14-10-18)19-11-15-21(26)16-12-19/h2-6,8-17,25H,7,26-27H2,1H3/b8-4-,23-18?,24-22+,25-20?. The zero-order valence-corrected chi connectivity index (χ0v) is 15.5. The number of hydrogen-bond donors (Lipinski definition) is 3. The Hall–Kier alpha value is -3.33. The highest BCUT2D eigenvalue weighted by Crippen LogP contribution is 2.27. The normalized spacial score (nSPS) is 20.6. The summed E-state index contributed by atoms with van der Waals surface area (Å²) >= 11 is 0. The van der Waals surface area contributed by atoms with Gasteiger partial charge in [0.15, 0.2) is 0 Å². The molecular formula is C24H25N3. The van der Waals surface area contributed by atoms with E-state index in [1.807, 2.05) is 66.8 Å². The SMILES string of the molecule is CC1C=CC=C/C1=C(N)/C=C\CC(=C1C=CC(=N)C=C1)c1ccc(N)cc1. The maximum absolute atomic E-state index is 7.72. The summed E-state index contributed by atoms with van der Waals surface area (Å²) in [5.41, 5.74) is 18.7. The molecule has 1 atom stereocenters. The summed E-state index contributed by atoms with van der Waals surface area (Å²) in [6.07, 6.45) is 20.7. The molecule has 3 rings (SSSR count). The minimum Gasteiger partial charge on any atom is -0.399 e. The molecule has 0 spiro atoms. The number of benzene rings is 1. The van der Waals surface area contributed by atoms with Crippen LogP contribution in [0.1, 0.15) is 18.9 Å². The third kappa shape index (κ3) is 4.64. The first-order valence-electron chi connectivity index (χ1n) is 9.09. The van der Waals surface area contributed by atoms with E-state index >= 15 is 0 Å². The van der Waals surface area contributed by atoms with Gasteiger partial charge in [-0.2, -0.15) is 0 Å². The van der Waals surface area contributed by atoms with Crippen molar-refractivity contribution in [2.45, 2.75) is 13.3 Å². The predicted octanol–water partition coefficient (Wildman–Crippen LogP) is 5.09. The maximum Gasteiger partial charge on any atom is 0.0540 e. The van der Waals surface area contributed by atoms with Crippen molar-refractivity contribution in [2.75, 3.05) is 5.73 Å². The zero-order chi connectivity index (χ0) is 19.2. The lowest BCUT2D eigenvalue weighted by atomic mass is 9.92. The molecule has 0 saturated heterocycles. The van der Waals surface area contributed by atoms with E-state index in [4.69, 9.17) is 16.9 Å². The van der Waals surface area contributed by atoms with Gasteiger partial charge in [0.25, 0.3) is 0 Å². The molecule has 0 aliphatic heterocycles. The Morgan fingerprint density at radius 1 is 1.04 bits per heavy atom. The van der Waals surface area contributed by atoms with Gasteiger partial charge in [-0.3, -0.25) is 0 Å². The lowest BCUT2D eigenvalue weighted by molar-refractivity contribution is 0.869. The Morgan fingerprint density at radius 3 is 2.41 bits per heavy atom. The van der Waals surface area contributed by atoms with Crippen molar-refractivity contribution in [2.24, 2.45) is 11.7 Å². The van der Waals surface area contributed by atoms with E-state index in [9.17, 15) is 0 Å². The van der Waals surface area contributed by atoms with E-state index < -0.39 is 0 Å². The van der Waals surface area contributed by atoms with Gasteiger partial charge in [-0.1, -0.05) is 61.6 Å². The van der Waals surface area contributed by atoms with E-state index in [0.29, 0.717) is 11.6 Å². The van der Waals surface area contributed by atoms with Crippen molar-refractivity contribution < 1.29 is 0 Å². The largest absolute Gasteiger partial charge is 0.399 e. The summed E-state index contributed by atoms with van der Waals surface area (Å²) in [7, 11) is 0. The number of nitrogens with two attached hydrogens (primary N) is 2. The Kier molecular flexibility index (Phi) is 5.72. The van der Waals surface area contributed by atoms with Crippen LogP contribution in [-0.2, 0) is 0 Å². The molecular weight excluding hydrogens is 330 g/mol. The fourth-order valence-corrected chi connectivity index (χ4v) is 3.16. The number of anilines is 1. The molecule has 0 fully saturated rings. The van der Waals surface area contributed by atoms with E-state index in [1.165, 1.54) is 5.57 Å². The molecule has 2 aliphatic rings. The maximum atomic E-state index is 7.72. The van der Waals surface area contributed by atoms with Crippen LogP contribution in [0.2, 0.25) is 0 Å². The summed E-state index contributed by atoms with van der Waals surface area (Å²) < 4.78 is 0. The smallest absolute Gasteiger partial charge is 0.0540 e. The van der Waals surface area contributed by atoms with Crippen molar-refractivity contribution in [1.29, 1.82) is 5.41 Å². The molecule has 0 aromatic heterocycles. The lowest BCUT2D eigenvalue weighted by Gasteiger charge is -2.14. The van der Waals surface area contributed by atoms with Gasteiger partial charge in [-0.25, -0.2) is 0 Å². The molecule has 1 unspecified atom stereocenters. The molecule has 5 N–H and O–H groups in total. The van der Waals surface area contributed by atoms with Gasteiger partial charge in [0, 0.05) is 17.3 Å². The van der Waals surface area contributed by atoms with Crippen LogP contribution in [0.4, 0.5) is 5.69 Å². The van der Waals surface area contributed by atoms with Crippen LogP contribution in [0.5, 0.6) is 0 Å². The van der Waals surface area contributed by atoms with Gasteiger partial charge >= 0.3 is 0 Å². The molecule has 0 heterocycles. The second-order valence-corrected chi connectivity index (χ2v) is 6.73. The molecule has 3 heteroatoms. The van der Waals surface area contributed by atoms with E-state index in [-0.39, 0.29) is 0 Å². The second-order valence-electron chi connectivity index (χ2n) is 6.73. The first-order valence-corrected chi connectivity index (χ1v) is 9.09. The molecule has 27 heavy (non-hydrogen) atoms. The predicted molar refractivity (Wildman–Crippen MR) is 116 cm³/mol. The zero-order valence-electron chi connectivity index (χ0n) is 15.5. The Labute approximate surface area is 161 Å². The van der Waals surface area contributed by atoms with Crippen LogP contribution in [-0.4, -0.2) is 5.71 Å². The highest BCUT2D eigenvalue weighted by molar-refractivity contribution is 6.04. The van der Waals surface area contributed by atoms with Crippen LogP contribution in [0, 0.1) is 11.3 Å². The van der Waals surface area contributed by atoms with Crippen molar-refractivity contribution in [3.63, 3.8) is 0 Å². The first-order chi connectivity index (χ1) is 13.0. The molecule has 0 saturated carbocycles. The first kappa shape index (κ1) is 18.5. The Morgan fingerprint density at radius 2 is 1.74 bits per heavy atom. The van der Waals surface area contributed by atoms with Crippen molar-refractivity contribution >= 4 is 17.0 Å². The summed E-state index contributed by atoms with van der Waals surface area (Å²) in [5.74, 6) is 0.324. The average molecular weight is 355 g/mol. The minimum absolute atomic E-state index is 0.324. The molecule has 136 valence electrons. The minimum atomic E-state index is 0.324. The second kappa shape index (κ2) is 8.37. The molecule has 1 aromatic rings. The quantitative estimate of drug-likeness (QED) is 0.658. The Balaban J connectivity index is 1.89. The molecule has 0 radical (unpaired) electrons. The van der Waals surface area contributed by atoms with Gasteiger partial charge in [0.05, 0.1) is 5.71 Å². The van der Waals surface area contributed by atoms with Gasteiger partial charge in [-0.15, -0.1) is 0 Å². The van der Waals surface area contributed by atoms with Crippen LogP contribution >= 0.6 is 0 Å². The van der Waals surface area contributed by atoms with Gasteiger partial charge in [0.2, 0.25) is 0 Å². The fraction of sp³-hybridized carbons (Fsp3) is 0.125. The van der Waals surface area contributed by atoms with Crippen LogP contribution < -0.4 is 11.5 Å². The molecule has 3 nitrogen and oxygen atoms in total. The molecule has 2 aliphatic carbocycles. The molecule has 1 aromatic carbocycles. The summed E-state index contributed by atoms with van der Waals surface area (Å²) in [4.78, 5) is 0. The molecule has 0 bridgehead atoms. The fourth-order valence-electron chi connectivity index (χ4n) is 3.16. The van der Waals surface area contributed by atoms with Crippen molar-refractivity contribution in [3.05, 3.63) is 107 Å². The monoisotopic (exact) mass is 355 g/mol. The van der Waals surface area contributed by atoms with Crippen molar-refractivity contribution in [1.82, 2.24) is 0 Å². The highest BCUT2D eigenvalue weighted by Gasteiger charge is 2.09. The number of nitrogens with one attached hydrogen (secondary N) is 1. The van der Waals surface area contributed by atoms with Crippen LogP contribution in [0.25, 0.3) is 5.57 Å². The number of hydrogen-bond acceptors (Lipinski definition) is 3. The summed E-state index contributed by atoms with van der Waals surface area (Å²) in [5, 5.41) is 7.72. The van der Waals surface area contributed by atoms with Gasteiger partial charge in [0.1, 0.15) is 0 Å². The Bertz CT molecular complexity index is 914. The number of nitrogen functional groups attached to an aromatic ring is 1. The molecule has 0 amide bonds. The van der Waals surface area contributed by atoms with E-state index in [2.05, 4.69) is 25.2 Å². The van der Waals surface area contributed by atoms with E-state index in [0.717, 1.165) is 34.5 Å². The van der Waals surface area contributed by atoms with Gasteiger partial charge in [-0.05, 0) is 59.1 Å². The van der Waals surface area contributed by atoms with Crippen LogP contribution in [0.15, 0.2) is 102 Å². The number of rotatable bonds is 4. The van der Waals surface area contributed by atoms with Crippen molar-refractivity contribution in [3.8, 4) is 0 Å². The number of allylic oxidation sites excluding steroid dienone is 13. The highest BCUT2D eigenvalue weighted by atomic mass is 14.6. The topological polar surface area (TPSA) is 75.9 Å².